The van der Waals surface area contributed by atoms with Crippen LogP contribution in [-0.4, -0.2) is 83.6 Å². The predicted octanol–water partition coefficient (Wildman–Crippen LogP) is 4.17. The van der Waals surface area contributed by atoms with E-state index < -0.39 is 11.6 Å². The number of anilines is 3. The monoisotopic (exact) mass is 575 g/mol. The Bertz CT molecular complexity index is 1510. The largest absolute Gasteiger partial charge is 0.497 e. The van der Waals surface area contributed by atoms with Gasteiger partial charge in [0.2, 0.25) is 11.9 Å². The molecule has 1 aliphatic heterocycles. The molecule has 2 aromatic heterocycles. The summed E-state index contributed by atoms with van der Waals surface area (Å²) >= 11 is 0. The maximum absolute atomic E-state index is 13.6. The van der Waals surface area contributed by atoms with E-state index in [1.54, 1.807) is 18.0 Å². The van der Waals surface area contributed by atoms with Gasteiger partial charge in [-0.3, -0.25) is 4.90 Å². The number of halogens is 2. The lowest BCUT2D eigenvalue weighted by Crippen LogP contribution is -2.46. The molecule has 2 aromatic carbocycles. The van der Waals surface area contributed by atoms with Gasteiger partial charge in [-0.05, 0) is 36.8 Å². The predicted molar refractivity (Wildman–Crippen MR) is 160 cm³/mol. The SMILES string of the molecule is COc1ccc(CNc2nc(N(C)C)nc(-n3ncc(/C=C/CN4CCN(c5cc(F)cc(F)c5)CC4)c3C)n2)cc1. The number of aromatic nitrogens is 5. The van der Waals surface area contributed by atoms with Gasteiger partial charge in [0, 0.05) is 70.7 Å². The fourth-order valence-electron chi connectivity index (χ4n) is 4.68. The maximum atomic E-state index is 13.6. The number of benzene rings is 2. The van der Waals surface area contributed by atoms with E-state index in [2.05, 4.69) is 36.3 Å². The van der Waals surface area contributed by atoms with E-state index in [0.29, 0.717) is 43.2 Å². The number of piperazine rings is 1. The van der Waals surface area contributed by atoms with E-state index in [-0.39, 0.29) is 0 Å². The summed E-state index contributed by atoms with van der Waals surface area (Å²) < 4.78 is 34.2. The molecule has 3 heterocycles. The van der Waals surface area contributed by atoms with Crippen molar-refractivity contribution in [3.8, 4) is 11.7 Å². The number of methoxy groups -OCH3 is 1. The molecule has 0 spiro atoms. The summed E-state index contributed by atoms with van der Waals surface area (Å²) in [4.78, 5) is 19.9. The van der Waals surface area contributed by atoms with Crippen molar-refractivity contribution < 1.29 is 13.5 Å². The average Bonchev–Trinajstić information content (AvgIpc) is 3.36. The van der Waals surface area contributed by atoms with Crippen LogP contribution in [0.5, 0.6) is 5.75 Å². The summed E-state index contributed by atoms with van der Waals surface area (Å²) in [6.07, 6.45) is 5.95. The fourth-order valence-corrected chi connectivity index (χ4v) is 4.68. The minimum Gasteiger partial charge on any atom is -0.497 e. The first-order valence-corrected chi connectivity index (χ1v) is 13.7. The van der Waals surface area contributed by atoms with Crippen molar-refractivity contribution in [1.82, 2.24) is 29.6 Å². The van der Waals surface area contributed by atoms with Crippen LogP contribution in [0.25, 0.3) is 12.0 Å². The third-order valence-corrected chi connectivity index (χ3v) is 7.10. The first kappa shape index (κ1) is 28.9. The number of nitrogens with one attached hydrogen (secondary N) is 1. The molecule has 1 fully saturated rings. The second kappa shape index (κ2) is 12.9. The molecule has 0 aliphatic carbocycles. The number of ether oxygens (including phenoxy) is 1. The van der Waals surface area contributed by atoms with E-state index in [9.17, 15) is 8.78 Å². The van der Waals surface area contributed by atoms with Gasteiger partial charge in [-0.15, -0.1) is 0 Å². The van der Waals surface area contributed by atoms with Crippen molar-refractivity contribution in [3.05, 3.63) is 83.2 Å². The highest BCUT2D eigenvalue weighted by Crippen LogP contribution is 2.21. The standard InChI is InChI=1S/C30H35F2N9O/c1-21-23(6-5-11-39-12-14-40(15-13-39)26-17-24(31)16-25(32)18-26)20-34-41(21)30-36-28(35-29(37-30)38(2)3)33-19-22-7-9-27(42-4)10-8-22/h5-10,16-18,20H,11-15,19H2,1-4H3,(H,33,35,36,37)/b6-5+. The van der Waals surface area contributed by atoms with Gasteiger partial charge < -0.3 is 19.9 Å². The molecule has 0 atom stereocenters. The van der Waals surface area contributed by atoms with Gasteiger partial charge in [0.25, 0.3) is 5.95 Å². The molecule has 12 heteroatoms. The average molecular weight is 576 g/mol. The van der Waals surface area contributed by atoms with Crippen LogP contribution in [0, 0.1) is 18.6 Å². The lowest BCUT2D eigenvalue weighted by atomic mass is 10.2. The third-order valence-electron chi connectivity index (χ3n) is 7.10. The minimum atomic E-state index is -0.553. The van der Waals surface area contributed by atoms with E-state index in [4.69, 9.17) is 4.74 Å². The first-order valence-electron chi connectivity index (χ1n) is 13.7. The Morgan fingerprint density at radius 1 is 0.976 bits per heavy atom. The Kier molecular flexibility index (Phi) is 8.91. The summed E-state index contributed by atoms with van der Waals surface area (Å²) in [6.45, 7) is 6.28. The Hall–Kier alpha value is -4.58. The maximum Gasteiger partial charge on any atom is 0.257 e. The quantitative estimate of drug-likeness (QED) is 0.300. The fraction of sp³-hybridized carbons (Fsp3) is 0.333. The topological polar surface area (TPSA) is 87.5 Å². The Balaban J connectivity index is 1.22. The Labute approximate surface area is 244 Å². The molecular weight excluding hydrogens is 540 g/mol. The molecule has 0 amide bonds. The number of hydrogen-bond acceptors (Lipinski definition) is 9. The van der Waals surface area contributed by atoms with Crippen molar-refractivity contribution in [1.29, 1.82) is 0 Å². The van der Waals surface area contributed by atoms with Gasteiger partial charge in [-0.1, -0.05) is 24.3 Å². The number of hydrogen-bond donors (Lipinski definition) is 1. The zero-order valence-electron chi connectivity index (χ0n) is 24.3. The van der Waals surface area contributed by atoms with Crippen LogP contribution in [0.1, 0.15) is 16.8 Å². The molecule has 1 aliphatic rings. The summed E-state index contributed by atoms with van der Waals surface area (Å²) in [5, 5.41) is 7.85. The van der Waals surface area contributed by atoms with E-state index in [1.807, 2.05) is 61.2 Å². The summed E-state index contributed by atoms with van der Waals surface area (Å²) in [5.74, 6) is 1.09. The molecule has 220 valence electrons. The van der Waals surface area contributed by atoms with Crippen LogP contribution < -0.4 is 19.9 Å². The normalized spacial score (nSPS) is 14.0. The molecule has 5 rings (SSSR count). The molecule has 0 saturated carbocycles. The van der Waals surface area contributed by atoms with Crippen molar-refractivity contribution in [2.45, 2.75) is 13.5 Å². The van der Waals surface area contributed by atoms with Crippen LogP contribution >= 0.6 is 0 Å². The smallest absolute Gasteiger partial charge is 0.257 e. The van der Waals surface area contributed by atoms with Crippen molar-refractivity contribution >= 4 is 23.7 Å². The zero-order valence-corrected chi connectivity index (χ0v) is 24.3. The van der Waals surface area contributed by atoms with Gasteiger partial charge in [-0.25, -0.2) is 13.5 Å². The lowest BCUT2D eigenvalue weighted by Gasteiger charge is -2.35. The van der Waals surface area contributed by atoms with Gasteiger partial charge in [0.05, 0.1) is 19.0 Å². The molecule has 4 aromatic rings. The van der Waals surface area contributed by atoms with Crippen LogP contribution in [0.4, 0.5) is 26.4 Å². The second-order valence-electron chi connectivity index (χ2n) is 10.3. The van der Waals surface area contributed by atoms with E-state index >= 15 is 0 Å². The Morgan fingerprint density at radius 2 is 1.69 bits per heavy atom. The van der Waals surface area contributed by atoms with E-state index in [1.165, 1.54) is 12.1 Å². The molecule has 42 heavy (non-hydrogen) atoms. The highest BCUT2D eigenvalue weighted by molar-refractivity contribution is 5.52. The van der Waals surface area contributed by atoms with Gasteiger partial charge in [-0.2, -0.15) is 20.1 Å². The van der Waals surface area contributed by atoms with Crippen LogP contribution in [0.2, 0.25) is 0 Å². The first-order chi connectivity index (χ1) is 20.3. The highest BCUT2D eigenvalue weighted by atomic mass is 19.1. The van der Waals surface area contributed by atoms with Gasteiger partial charge in [0.1, 0.15) is 17.4 Å². The molecule has 10 nitrogen and oxygen atoms in total. The van der Waals surface area contributed by atoms with Crippen LogP contribution in [0.15, 0.2) is 54.7 Å². The number of nitrogens with zero attached hydrogens (tertiary/aromatic N) is 8. The molecule has 1 saturated heterocycles. The summed E-state index contributed by atoms with van der Waals surface area (Å²) in [5.41, 5.74) is 3.52. The number of rotatable bonds is 10. The zero-order chi connectivity index (χ0) is 29.6. The molecule has 0 unspecified atom stereocenters. The van der Waals surface area contributed by atoms with Gasteiger partial charge >= 0.3 is 0 Å². The van der Waals surface area contributed by atoms with Crippen molar-refractivity contribution in [3.63, 3.8) is 0 Å². The van der Waals surface area contributed by atoms with Gasteiger partial charge in [0.15, 0.2) is 0 Å². The van der Waals surface area contributed by atoms with Crippen LogP contribution in [-0.2, 0) is 6.54 Å². The molecule has 1 N–H and O–H groups in total. The van der Waals surface area contributed by atoms with Crippen molar-refractivity contribution in [2.75, 3.05) is 69.0 Å². The molecule has 0 radical (unpaired) electrons. The summed E-state index contributed by atoms with van der Waals surface area (Å²) in [6, 6.07) is 11.5. The third kappa shape index (κ3) is 7.00. The second-order valence-corrected chi connectivity index (χ2v) is 10.3. The summed E-state index contributed by atoms with van der Waals surface area (Å²) in [7, 11) is 5.41. The molecular formula is C30H35F2N9O. The lowest BCUT2D eigenvalue weighted by molar-refractivity contribution is 0.284. The Morgan fingerprint density at radius 3 is 2.36 bits per heavy atom. The van der Waals surface area contributed by atoms with Crippen LogP contribution in [0.3, 0.4) is 0 Å². The minimum absolute atomic E-state index is 0.424. The van der Waals surface area contributed by atoms with E-state index in [0.717, 1.165) is 48.3 Å². The molecule has 0 bridgehead atoms. The highest BCUT2D eigenvalue weighted by Gasteiger charge is 2.18. The van der Waals surface area contributed by atoms with Crippen molar-refractivity contribution in [2.24, 2.45) is 0 Å².